The zero-order chi connectivity index (χ0) is 16.9. The SMILES string of the molecule is Cc1ncc2c(C(N)=O)c(N)n(-c3c(C)ccc(O)c3Br)c2n1. The summed E-state index contributed by atoms with van der Waals surface area (Å²) in [4.78, 5) is 20.3. The van der Waals surface area contributed by atoms with Crippen LogP contribution in [0.3, 0.4) is 0 Å². The Hall–Kier alpha value is -2.61. The minimum Gasteiger partial charge on any atom is -0.507 e. The standard InChI is InChI=1S/C15H14BrN5O2/c1-6-3-4-9(22)11(16)12(6)21-13(17)10(14(18)23)8-5-19-7(2)20-15(8)21/h3-5,22H,17H2,1-2H3,(H2,18,23). The molecule has 0 aliphatic carbocycles. The molecule has 0 atom stereocenters. The Morgan fingerprint density at radius 2 is 2.04 bits per heavy atom. The summed E-state index contributed by atoms with van der Waals surface area (Å²) in [6, 6.07) is 3.32. The van der Waals surface area contributed by atoms with Gasteiger partial charge in [-0.1, -0.05) is 6.07 Å². The Labute approximate surface area is 140 Å². The summed E-state index contributed by atoms with van der Waals surface area (Å²) in [5.74, 6) is 0.0777. The Morgan fingerprint density at radius 1 is 1.35 bits per heavy atom. The molecule has 118 valence electrons. The Morgan fingerprint density at radius 3 is 2.70 bits per heavy atom. The number of carbonyl (C=O) groups excluding carboxylic acids is 1. The van der Waals surface area contributed by atoms with E-state index in [1.165, 1.54) is 6.20 Å². The van der Waals surface area contributed by atoms with Crippen molar-refractivity contribution in [2.45, 2.75) is 13.8 Å². The van der Waals surface area contributed by atoms with E-state index in [-0.39, 0.29) is 17.1 Å². The summed E-state index contributed by atoms with van der Waals surface area (Å²) in [7, 11) is 0. The van der Waals surface area contributed by atoms with Crippen molar-refractivity contribution in [1.29, 1.82) is 0 Å². The second kappa shape index (κ2) is 5.24. The molecule has 0 bridgehead atoms. The summed E-state index contributed by atoms with van der Waals surface area (Å²) in [6.07, 6.45) is 1.52. The van der Waals surface area contributed by atoms with Crippen LogP contribution in [0.4, 0.5) is 5.82 Å². The van der Waals surface area contributed by atoms with Crippen LogP contribution < -0.4 is 11.5 Å². The number of nitrogen functional groups attached to an aromatic ring is 1. The van der Waals surface area contributed by atoms with Gasteiger partial charge in [-0.15, -0.1) is 0 Å². The zero-order valence-electron chi connectivity index (χ0n) is 12.5. The molecule has 2 aromatic heterocycles. The number of aromatic hydroxyl groups is 1. The lowest BCUT2D eigenvalue weighted by Gasteiger charge is -2.14. The fourth-order valence-corrected chi connectivity index (χ4v) is 3.20. The van der Waals surface area contributed by atoms with Crippen LogP contribution in [0, 0.1) is 13.8 Å². The predicted molar refractivity (Wildman–Crippen MR) is 90.6 cm³/mol. The fourth-order valence-electron chi connectivity index (χ4n) is 2.58. The van der Waals surface area contributed by atoms with Crippen LogP contribution in [-0.4, -0.2) is 25.5 Å². The number of hydrogen-bond donors (Lipinski definition) is 3. The number of hydrogen-bond acceptors (Lipinski definition) is 5. The highest BCUT2D eigenvalue weighted by Gasteiger charge is 2.24. The van der Waals surface area contributed by atoms with Crippen molar-refractivity contribution in [1.82, 2.24) is 14.5 Å². The number of halogens is 1. The molecule has 2 heterocycles. The molecular formula is C15H14BrN5O2. The van der Waals surface area contributed by atoms with E-state index in [0.717, 1.165) is 5.56 Å². The highest BCUT2D eigenvalue weighted by Crippen LogP contribution is 2.38. The first-order valence-electron chi connectivity index (χ1n) is 6.74. The number of fused-ring (bicyclic) bond motifs is 1. The van der Waals surface area contributed by atoms with Crippen LogP contribution in [0.1, 0.15) is 21.7 Å². The molecule has 0 fully saturated rings. The van der Waals surface area contributed by atoms with E-state index >= 15 is 0 Å². The third-order valence-electron chi connectivity index (χ3n) is 3.63. The molecule has 0 radical (unpaired) electrons. The molecule has 1 amide bonds. The van der Waals surface area contributed by atoms with Crippen LogP contribution in [0.2, 0.25) is 0 Å². The Bertz CT molecular complexity index is 964. The van der Waals surface area contributed by atoms with E-state index in [0.29, 0.717) is 27.0 Å². The molecule has 5 N–H and O–H groups in total. The van der Waals surface area contributed by atoms with E-state index in [9.17, 15) is 9.90 Å². The molecule has 0 aliphatic heterocycles. The van der Waals surface area contributed by atoms with Crippen molar-refractivity contribution >= 4 is 38.7 Å². The smallest absolute Gasteiger partial charge is 0.253 e. The molecular weight excluding hydrogens is 362 g/mol. The number of amides is 1. The predicted octanol–water partition coefficient (Wildman–Crippen LogP) is 2.19. The monoisotopic (exact) mass is 375 g/mol. The van der Waals surface area contributed by atoms with E-state index in [1.54, 1.807) is 23.6 Å². The summed E-state index contributed by atoms with van der Waals surface area (Å²) in [5, 5.41) is 10.5. The molecule has 0 saturated carbocycles. The number of benzene rings is 1. The van der Waals surface area contributed by atoms with E-state index in [2.05, 4.69) is 25.9 Å². The van der Waals surface area contributed by atoms with Gasteiger partial charge in [-0.2, -0.15) is 0 Å². The highest BCUT2D eigenvalue weighted by molar-refractivity contribution is 9.10. The summed E-state index contributed by atoms with van der Waals surface area (Å²) in [5.41, 5.74) is 13.7. The number of anilines is 1. The number of rotatable bonds is 2. The van der Waals surface area contributed by atoms with Gasteiger partial charge >= 0.3 is 0 Å². The van der Waals surface area contributed by atoms with Crippen LogP contribution in [0.15, 0.2) is 22.8 Å². The highest BCUT2D eigenvalue weighted by atomic mass is 79.9. The fraction of sp³-hybridized carbons (Fsp3) is 0.133. The van der Waals surface area contributed by atoms with Gasteiger partial charge in [0, 0.05) is 6.20 Å². The van der Waals surface area contributed by atoms with Crippen molar-refractivity contribution in [3.63, 3.8) is 0 Å². The van der Waals surface area contributed by atoms with Gasteiger partial charge in [0.1, 0.15) is 17.4 Å². The van der Waals surface area contributed by atoms with E-state index < -0.39 is 5.91 Å². The minimum absolute atomic E-state index is 0.0539. The van der Waals surface area contributed by atoms with Crippen LogP contribution in [-0.2, 0) is 0 Å². The number of phenols is 1. The van der Waals surface area contributed by atoms with Crippen molar-refractivity contribution < 1.29 is 9.90 Å². The van der Waals surface area contributed by atoms with Gasteiger partial charge in [-0.25, -0.2) is 9.97 Å². The average Bonchev–Trinajstić information content (AvgIpc) is 2.76. The van der Waals surface area contributed by atoms with Gasteiger partial charge < -0.3 is 16.6 Å². The van der Waals surface area contributed by atoms with Crippen LogP contribution in [0.5, 0.6) is 5.75 Å². The molecule has 0 aliphatic rings. The molecule has 23 heavy (non-hydrogen) atoms. The quantitative estimate of drug-likeness (QED) is 0.633. The normalized spacial score (nSPS) is 11.1. The van der Waals surface area contributed by atoms with Crippen molar-refractivity contribution in [2.24, 2.45) is 5.73 Å². The maximum absolute atomic E-state index is 11.8. The van der Waals surface area contributed by atoms with Gasteiger partial charge in [-0.3, -0.25) is 9.36 Å². The molecule has 3 aromatic rings. The Balaban J connectivity index is 2.53. The van der Waals surface area contributed by atoms with Gasteiger partial charge in [0.2, 0.25) is 0 Å². The van der Waals surface area contributed by atoms with Crippen LogP contribution >= 0.6 is 15.9 Å². The lowest BCUT2D eigenvalue weighted by molar-refractivity contribution is 0.100. The van der Waals surface area contributed by atoms with Gasteiger partial charge in [0.05, 0.1) is 21.1 Å². The third-order valence-corrected chi connectivity index (χ3v) is 4.42. The molecule has 3 rings (SSSR count). The first-order chi connectivity index (χ1) is 10.8. The second-order valence-corrected chi connectivity index (χ2v) is 5.97. The first kappa shape index (κ1) is 15.3. The number of nitrogens with two attached hydrogens (primary N) is 2. The first-order valence-corrected chi connectivity index (χ1v) is 7.54. The minimum atomic E-state index is -0.660. The lowest BCUT2D eigenvalue weighted by Crippen LogP contribution is -2.14. The van der Waals surface area contributed by atoms with E-state index in [4.69, 9.17) is 11.5 Å². The molecule has 1 aromatic carbocycles. The maximum Gasteiger partial charge on any atom is 0.253 e. The summed E-state index contributed by atoms with van der Waals surface area (Å²) < 4.78 is 2.05. The number of carbonyl (C=O) groups is 1. The van der Waals surface area contributed by atoms with Crippen molar-refractivity contribution in [2.75, 3.05) is 5.73 Å². The lowest BCUT2D eigenvalue weighted by atomic mass is 10.2. The number of phenolic OH excluding ortho intramolecular Hbond substituents is 1. The molecule has 0 unspecified atom stereocenters. The molecule has 0 spiro atoms. The summed E-state index contributed by atoms with van der Waals surface area (Å²) >= 11 is 3.37. The molecule has 7 nitrogen and oxygen atoms in total. The van der Waals surface area contributed by atoms with E-state index in [1.807, 2.05) is 6.92 Å². The second-order valence-electron chi connectivity index (χ2n) is 5.18. The zero-order valence-corrected chi connectivity index (χ0v) is 14.0. The molecule has 8 heteroatoms. The number of aryl methyl sites for hydroxylation is 2. The Kier molecular flexibility index (Phi) is 3.48. The largest absolute Gasteiger partial charge is 0.507 e. The summed E-state index contributed by atoms with van der Waals surface area (Å²) in [6.45, 7) is 3.60. The van der Waals surface area contributed by atoms with Crippen molar-refractivity contribution in [3.05, 3.63) is 39.8 Å². The average molecular weight is 376 g/mol. The van der Waals surface area contributed by atoms with Gasteiger partial charge in [-0.05, 0) is 41.4 Å². The van der Waals surface area contributed by atoms with Crippen molar-refractivity contribution in [3.8, 4) is 11.4 Å². The number of primary amides is 1. The third kappa shape index (κ3) is 2.22. The molecule has 0 saturated heterocycles. The topological polar surface area (TPSA) is 120 Å². The van der Waals surface area contributed by atoms with Gasteiger partial charge in [0.25, 0.3) is 5.91 Å². The van der Waals surface area contributed by atoms with Gasteiger partial charge in [0.15, 0.2) is 5.65 Å². The maximum atomic E-state index is 11.8. The number of aromatic nitrogens is 3. The number of nitrogens with zero attached hydrogens (tertiary/aromatic N) is 3. The van der Waals surface area contributed by atoms with Crippen LogP contribution in [0.25, 0.3) is 16.7 Å².